The van der Waals surface area contributed by atoms with Gasteiger partial charge in [-0.1, -0.05) is 48.5 Å². The number of ether oxygens (including phenoxy) is 2. The summed E-state index contributed by atoms with van der Waals surface area (Å²) in [5.41, 5.74) is 3.10. The normalized spacial score (nSPS) is 20.2. The van der Waals surface area contributed by atoms with Crippen LogP contribution in [0.2, 0.25) is 0 Å². The predicted octanol–water partition coefficient (Wildman–Crippen LogP) is 2.77. The molecular weight excluding hydrogens is 424 g/mol. The maximum atomic E-state index is 12.8. The molecule has 0 aromatic heterocycles. The molecular formula is C25H28N2O6. The van der Waals surface area contributed by atoms with E-state index in [0.29, 0.717) is 6.42 Å². The van der Waals surface area contributed by atoms with Crippen LogP contribution in [0.3, 0.4) is 0 Å². The van der Waals surface area contributed by atoms with Crippen molar-refractivity contribution in [2.75, 3.05) is 26.9 Å². The standard InChI is InChI=1S/C25H28N2O6/c1-25(14-32-2,23(30)26-12-15-11-20(15)22(28)29)27-24(31)33-13-21-18-9-5-3-7-16(18)17-8-4-6-10-19(17)21/h3-10,15,20-21H,11-14H2,1-2H3,(H,26,30)(H,27,31)(H,28,29)/t15-,20-,25?/m1/s1. The smallest absolute Gasteiger partial charge is 0.408 e. The zero-order valence-corrected chi connectivity index (χ0v) is 18.7. The Labute approximate surface area is 192 Å². The van der Waals surface area contributed by atoms with Gasteiger partial charge in [-0.05, 0) is 41.5 Å². The number of carbonyl (C=O) groups is 3. The van der Waals surface area contributed by atoms with Crippen molar-refractivity contribution in [3.8, 4) is 11.1 Å². The molecule has 0 aliphatic heterocycles. The minimum absolute atomic E-state index is 0.0595. The highest BCUT2D eigenvalue weighted by Gasteiger charge is 2.44. The van der Waals surface area contributed by atoms with Gasteiger partial charge in [-0.2, -0.15) is 0 Å². The Balaban J connectivity index is 1.37. The molecule has 33 heavy (non-hydrogen) atoms. The van der Waals surface area contributed by atoms with E-state index in [4.69, 9.17) is 14.6 Å². The number of fused-ring (bicyclic) bond motifs is 3. The molecule has 0 saturated heterocycles. The van der Waals surface area contributed by atoms with Crippen LogP contribution in [-0.4, -0.2) is 55.5 Å². The second kappa shape index (κ2) is 9.23. The van der Waals surface area contributed by atoms with Gasteiger partial charge in [0.05, 0.1) is 12.5 Å². The highest BCUT2D eigenvalue weighted by Crippen LogP contribution is 2.44. The summed E-state index contributed by atoms with van der Waals surface area (Å²) in [6.45, 7) is 1.86. The molecule has 2 aromatic rings. The van der Waals surface area contributed by atoms with Crippen molar-refractivity contribution < 1.29 is 29.0 Å². The van der Waals surface area contributed by atoms with Gasteiger partial charge in [0.15, 0.2) is 0 Å². The van der Waals surface area contributed by atoms with Crippen LogP contribution in [0.25, 0.3) is 11.1 Å². The quantitative estimate of drug-likeness (QED) is 0.539. The van der Waals surface area contributed by atoms with E-state index in [-0.39, 0.29) is 31.6 Å². The lowest BCUT2D eigenvalue weighted by atomic mass is 9.98. The number of aliphatic carboxylic acids is 1. The Morgan fingerprint density at radius 3 is 2.21 bits per heavy atom. The van der Waals surface area contributed by atoms with Crippen LogP contribution >= 0.6 is 0 Å². The maximum absolute atomic E-state index is 12.8. The Hall–Kier alpha value is -3.39. The number of rotatable bonds is 9. The number of hydrogen-bond donors (Lipinski definition) is 3. The molecule has 0 bridgehead atoms. The summed E-state index contributed by atoms with van der Waals surface area (Å²) in [5, 5.41) is 14.4. The summed E-state index contributed by atoms with van der Waals surface area (Å²) in [5.74, 6) is -1.91. The monoisotopic (exact) mass is 452 g/mol. The van der Waals surface area contributed by atoms with Gasteiger partial charge < -0.3 is 25.2 Å². The van der Waals surface area contributed by atoms with Gasteiger partial charge in [-0.15, -0.1) is 0 Å². The number of carbonyl (C=O) groups excluding carboxylic acids is 2. The second-order valence-electron chi connectivity index (χ2n) is 8.87. The summed E-state index contributed by atoms with van der Waals surface area (Å²) >= 11 is 0. The van der Waals surface area contributed by atoms with Crippen LogP contribution in [0.1, 0.15) is 30.4 Å². The number of carboxylic acid groups (broad SMARTS) is 1. The van der Waals surface area contributed by atoms with E-state index in [2.05, 4.69) is 22.8 Å². The summed E-state index contributed by atoms with van der Waals surface area (Å²) in [4.78, 5) is 36.4. The van der Waals surface area contributed by atoms with Crippen molar-refractivity contribution >= 4 is 18.0 Å². The summed E-state index contributed by atoms with van der Waals surface area (Å²) in [7, 11) is 1.44. The summed E-state index contributed by atoms with van der Waals surface area (Å²) in [6, 6.07) is 16.1. The van der Waals surface area contributed by atoms with Gasteiger partial charge in [-0.3, -0.25) is 9.59 Å². The first-order chi connectivity index (χ1) is 15.8. The van der Waals surface area contributed by atoms with E-state index in [9.17, 15) is 14.4 Å². The Morgan fingerprint density at radius 2 is 1.67 bits per heavy atom. The van der Waals surface area contributed by atoms with Crippen LogP contribution in [0.15, 0.2) is 48.5 Å². The lowest BCUT2D eigenvalue weighted by molar-refractivity contribution is -0.139. The van der Waals surface area contributed by atoms with Crippen molar-refractivity contribution in [3.63, 3.8) is 0 Å². The minimum Gasteiger partial charge on any atom is -0.481 e. The van der Waals surface area contributed by atoms with Gasteiger partial charge >= 0.3 is 12.1 Å². The number of carboxylic acids is 1. The Kier molecular flexibility index (Phi) is 6.37. The van der Waals surface area contributed by atoms with Gasteiger partial charge in [0.2, 0.25) is 5.91 Å². The lowest BCUT2D eigenvalue weighted by Gasteiger charge is -2.28. The first-order valence-corrected chi connectivity index (χ1v) is 11.0. The molecule has 2 amide bonds. The Bertz CT molecular complexity index is 1020. The zero-order chi connectivity index (χ0) is 23.6. The third-order valence-corrected chi connectivity index (χ3v) is 6.42. The molecule has 3 atom stereocenters. The number of nitrogens with one attached hydrogen (secondary N) is 2. The predicted molar refractivity (Wildman–Crippen MR) is 121 cm³/mol. The number of amides is 2. The van der Waals surface area contributed by atoms with Crippen LogP contribution in [0, 0.1) is 11.8 Å². The van der Waals surface area contributed by atoms with Crippen LogP contribution in [0.5, 0.6) is 0 Å². The topological polar surface area (TPSA) is 114 Å². The fourth-order valence-electron chi connectivity index (χ4n) is 4.50. The first-order valence-electron chi connectivity index (χ1n) is 11.0. The number of hydrogen-bond acceptors (Lipinski definition) is 5. The first kappa shape index (κ1) is 22.8. The molecule has 4 rings (SSSR count). The highest BCUT2D eigenvalue weighted by molar-refractivity contribution is 5.90. The van der Waals surface area contributed by atoms with Crippen molar-refractivity contribution in [3.05, 3.63) is 59.7 Å². The third kappa shape index (κ3) is 4.71. The molecule has 0 spiro atoms. The minimum atomic E-state index is -1.36. The van der Waals surface area contributed by atoms with Crippen molar-refractivity contribution in [1.82, 2.24) is 10.6 Å². The Morgan fingerprint density at radius 1 is 1.06 bits per heavy atom. The molecule has 174 valence electrons. The van der Waals surface area contributed by atoms with E-state index in [0.717, 1.165) is 22.3 Å². The van der Waals surface area contributed by atoms with E-state index >= 15 is 0 Å². The molecule has 2 aliphatic rings. The molecule has 0 radical (unpaired) electrons. The molecule has 8 heteroatoms. The molecule has 0 heterocycles. The average molecular weight is 453 g/mol. The highest BCUT2D eigenvalue weighted by atomic mass is 16.5. The van der Waals surface area contributed by atoms with Crippen LogP contribution in [-0.2, 0) is 19.1 Å². The van der Waals surface area contributed by atoms with Gasteiger partial charge in [0, 0.05) is 19.6 Å². The second-order valence-corrected chi connectivity index (χ2v) is 8.87. The zero-order valence-electron chi connectivity index (χ0n) is 18.7. The van der Waals surface area contributed by atoms with Crippen LogP contribution < -0.4 is 10.6 Å². The van der Waals surface area contributed by atoms with E-state index < -0.39 is 29.4 Å². The van der Waals surface area contributed by atoms with Gasteiger partial charge in [0.1, 0.15) is 12.1 Å². The fourth-order valence-corrected chi connectivity index (χ4v) is 4.50. The van der Waals surface area contributed by atoms with Crippen molar-refractivity contribution in [2.45, 2.75) is 24.8 Å². The van der Waals surface area contributed by atoms with Gasteiger partial charge in [0.25, 0.3) is 0 Å². The molecule has 2 aliphatic carbocycles. The number of benzene rings is 2. The largest absolute Gasteiger partial charge is 0.481 e. The summed E-state index contributed by atoms with van der Waals surface area (Å²) in [6.07, 6.45) is -0.183. The maximum Gasteiger partial charge on any atom is 0.408 e. The SMILES string of the molecule is COCC(C)(NC(=O)OCC1c2ccccc2-c2ccccc21)C(=O)NC[C@H]1C[C@H]1C(=O)O. The molecule has 8 nitrogen and oxygen atoms in total. The third-order valence-electron chi connectivity index (χ3n) is 6.42. The number of methoxy groups -OCH3 is 1. The molecule has 1 saturated carbocycles. The number of alkyl carbamates (subject to hydrolysis) is 1. The van der Waals surface area contributed by atoms with E-state index in [1.165, 1.54) is 7.11 Å². The van der Waals surface area contributed by atoms with E-state index in [1.54, 1.807) is 6.92 Å². The summed E-state index contributed by atoms with van der Waals surface area (Å²) < 4.78 is 10.7. The fraction of sp³-hybridized carbons (Fsp3) is 0.400. The molecule has 1 unspecified atom stereocenters. The average Bonchev–Trinajstić information content (AvgIpc) is 3.52. The van der Waals surface area contributed by atoms with E-state index in [1.807, 2.05) is 36.4 Å². The molecule has 3 N–H and O–H groups in total. The van der Waals surface area contributed by atoms with Crippen molar-refractivity contribution in [2.24, 2.45) is 11.8 Å². The molecule has 1 fully saturated rings. The van der Waals surface area contributed by atoms with Gasteiger partial charge in [-0.25, -0.2) is 4.79 Å². The molecule has 2 aromatic carbocycles. The lowest BCUT2D eigenvalue weighted by Crippen LogP contribution is -2.60. The van der Waals surface area contributed by atoms with Crippen LogP contribution in [0.4, 0.5) is 4.79 Å². The van der Waals surface area contributed by atoms with Crippen molar-refractivity contribution in [1.29, 1.82) is 0 Å².